The molecule has 2 aromatic rings. The van der Waals surface area contributed by atoms with Gasteiger partial charge in [-0.3, -0.25) is 0 Å². The van der Waals surface area contributed by atoms with E-state index in [1.807, 2.05) is 0 Å². The van der Waals surface area contributed by atoms with Crippen LogP contribution in [-0.4, -0.2) is 15.3 Å². The fourth-order valence-corrected chi connectivity index (χ4v) is 2.96. The van der Waals surface area contributed by atoms with Crippen LogP contribution < -0.4 is 35.3 Å². The molecule has 0 amide bonds. The number of anilines is 1. The van der Waals surface area contributed by atoms with Crippen LogP contribution in [0, 0.1) is 21.4 Å². The summed E-state index contributed by atoms with van der Waals surface area (Å²) in [6, 6.07) is 5.30. The molecule has 0 radical (unpaired) electrons. The van der Waals surface area contributed by atoms with Gasteiger partial charge < -0.3 is 15.8 Å². The molecule has 0 fully saturated rings. The van der Waals surface area contributed by atoms with Crippen molar-refractivity contribution >= 4 is 40.8 Å². The third kappa shape index (κ3) is 6.93. The van der Waals surface area contributed by atoms with Crippen LogP contribution in [0.25, 0.3) is 5.69 Å². The van der Waals surface area contributed by atoms with E-state index in [0.29, 0.717) is 0 Å². The molecule has 0 bridgehead atoms. The predicted molar refractivity (Wildman–Crippen MR) is 83.8 cm³/mol. The first kappa shape index (κ1) is 23.8. The standard InChI is InChI=1S/C11H5Cl2F3N4S.HNO2.Na/c12-7-2-6(21-11(14,15)16)3-8(13)10(7)20-9(18)1-5(4-17)19-20;2-1-3;/h1-3H,18H2;(H,2,3);/q;;+1/p-1. The Kier molecular flexibility index (Phi) is 9.63. The van der Waals surface area contributed by atoms with Crippen LogP contribution in [0.2, 0.25) is 10.0 Å². The fourth-order valence-electron chi connectivity index (χ4n) is 1.57. The number of thioether (sulfide) groups is 1. The van der Waals surface area contributed by atoms with Gasteiger partial charge in [-0.25, -0.2) is 4.68 Å². The van der Waals surface area contributed by atoms with Crippen LogP contribution in [0.4, 0.5) is 19.0 Å². The van der Waals surface area contributed by atoms with E-state index in [9.17, 15) is 13.2 Å². The van der Waals surface area contributed by atoms with Crippen molar-refractivity contribution in [2.24, 2.45) is 5.34 Å². The summed E-state index contributed by atoms with van der Waals surface area (Å²) < 4.78 is 38.1. The maximum atomic E-state index is 12.3. The number of halogens is 5. The monoisotopic (exact) mass is 421 g/mol. The second kappa shape index (κ2) is 10.1. The molecule has 0 aliphatic rings. The van der Waals surface area contributed by atoms with Crippen LogP contribution in [0.1, 0.15) is 5.69 Å². The van der Waals surface area contributed by atoms with E-state index in [-0.39, 0.29) is 73.5 Å². The summed E-state index contributed by atoms with van der Waals surface area (Å²) in [4.78, 5) is 7.84. The largest absolute Gasteiger partial charge is 1.00 e. The molecule has 2 rings (SSSR count). The Balaban J connectivity index is 0.00000134. The van der Waals surface area contributed by atoms with Gasteiger partial charge in [0, 0.05) is 11.0 Å². The van der Waals surface area contributed by atoms with Gasteiger partial charge in [-0.15, -0.1) is 5.34 Å². The molecular formula is C11H5Cl2F3N5NaO2S. The Labute approximate surface area is 175 Å². The van der Waals surface area contributed by atoms with E-state index < -0.39 is 5.51 Å². The van der Waals surface area contributed by atoms with Gasteiger partial charge in [-0.1, -0.05) is 23.2 Å². The van der Waals surface area contributed by atoms with Crippen LogP contribution in [0.5, 0.6) is 0 Å². The molecule has 128 valence electrons. The van der Waals surface area contributed by atoms with Crippen molar-refractivity contribution in [1.29, 1.82) is 5.26 Å². The number of hydrogen-bond acceptors (Lipinski definition) is 7. The number of nitriles is 1. The van der Waals surface area contributed by atoms with Gasteiger partial charge >= 0.3 is 35.1 Å². The summed E-state index contributed by atoms with van der Waals surface area (Å²) in [6.07, 6.45) is 0. The average molecular weight is 422 g/mol. The van der Waals surface area contributed by atoms with E-state index in [0.717, 1.165) is 22.2 Å². The molecule has 1 aromatic heterocycles. The maximum absolute atomic E-state index is 12.3. The summed E-state index contributed by atoms with van der Waals surface area (Å²) in [7, 11) is 0. The Hall–Kier alpha value is -1.16. The molecule has 0 unspecified atom stereocenters. The zero-order valence-electron chi connectivity index (χ0n) is 12.2. The summed E-state index contributed by atoms with van der Waals surface area (Å²) in [5, 5.41) is 21.5. The quantitative estimate of drug-likeness (QED) is 0.339. The Morgan fingerprint density at radius 3 is 2.16 bits per heavy atom. The minimum absolute atomic E-state index is 0. The van der Waals surface area contributed by atoms with E-state index in [2.05, 4.69) is 5.10 Å². The van der Waals surface area contributed by atoms with Crippen LogP contribution in [0.3, 0.4) is 0 Å². The molecular weight excluding hydrogens is 417 g/mol. The SMILES string of the molecule is N#Cc1cc(N)n(-c2c(Cl)cc(SC(F)(F)F)cc2Cl)n1.O=N[O-].[Na+]. The molecule has 2 N–H and O–H groups in total. The van der Waals surface area contributed by atoms with Gasteiger partial charge in [0.05, 0.1) is 10.0 Å². The first-order valence-corrected chi connectivity index (χ1v) is 7.16. The Morgan fingerprint density at radius 1 is 1.32 bits per heavy atom. The zero-order valence-corrected chi connectivity index (χ0v) is 16.5. The number of hydrogen-bond donors (Lipinski definition) is 1. The number of nitrogens with zero attached hydrogens (tertiary/aromatic N) is 4. The number of rotatable bonds is 2. The Morgan fingerprint density at radius 2 is 1.80 bits per heavy atom. The maximum Gasteiger partial charge on any atom is 1.00 e. The van der Waals surface area contributed by atoms with Gasteiger partial charge in [-0.2, -0.15) is 23.5 Å². The average Bonchev–Trinajstić information content (AvgIpc) is 2.78. The molecule has 0 saturated carbocycles. The van der Waals surface area contributed by atoms with Crippen molar-refractivity contribution in [3.63, 3.8) is 0 Å². The number of aromatic nitrogens is 2. The van der Waals surface area contributed by atoms with Gasteiger partial charge in [0.1, 0.15) is 17.6 Å². The van der Waals surface area contributed by atoms with Crippen LogP contribution >= 0.6 is 35.0 Å². The third-order valence-corrected chi connectivity index (χ3v) is 3.57. The molecule has 1 aromatic carbocycles. The van der Waals surface area contributed by atoms with E-state index in [1.54, 1.807) is 6.07 Å². The summed E-state index contributed by atoms with van der Waals surface area (Å²) in [5.74, 6) is 0.0894. The molecule has 14 heteroatoms. The van der Waals surface area contributed by atoms with Gasteiger partial charge in [0.25, 0.3) is 0 Å². The van der Waals surface area contributed by atoms with Gasteiger partial charge in [0.15, 0.2) is 5.69 Å². The summed E-state index contributed by atoms with van der Waals surface area (Å²) in [5.41, 5.74) is 1.37. The third-order valence-electron chi connectivity index (χ3n) is 2.29. The van der Waals surface area contributed by atoms with E-state index in [4.69, 9.17) is 44.3 Å². The van der Waals surface area contributed by atoms with Crippen molar-refractivity contribution in [1.82, 2.24) is 9.78 Å². The normalized spacial score (nSPS) is 10.1. The molecule has 0 aliphatic carbocycles. The van der Waals surface area contributed by atoms with Crippen molar-refractivity contribution in [3.8, 4) is 11.8 Å². The van der Waals surface area contributed by atoms with Crippen LogP contribution in [0.15, 0.2) is 28.4 Å². The fraction of sp³-hybridized carbons (Fsp3) is 0.0909. The first-order chi connectivity index (χ1) is 11.1. The van der Waals surface area contributed by atoms with Crippen molar-refractivity contribution in [3.05, 3.63) is 44.1 Å². The number of nitrogens with two attached hydrogens (primary N) is 1. The molecule has 0 spiro atoms. The van der Waals surface area contributed by atoms with Gasteiger partial charge in [0.2, 0.25) is 0 Å². The minimum atomic E-state index is -4.45. The molecule has 1 heterocycles. The number of benzene rings is 1. The smallest absolute Gasteiger partial charge is 0.444 e. The molecule has 0 atom stereocenters. The Bertz CT molecular complexity index is 774. The predicted octanol–water partition coefficient (Wildman–Crippen LogP) is 1.50. The van der Waals surface area contributed by atoms with Crippen LogP contribution in [-0.2, 0) is 0 Å². The van der Waals surface area contributed by atoms with Crippen molar-refractivity contribution in [2.45, 2.75) is 10.4 Å². The summed E-state index contributed by atoms with van der Waals surface area (Å²) in [6.45, 7) is 0. The molecule has 0 aliphatic heterocycles. The topological polar surface area (TPSA) is 120 Å². The second-order valence-electron chi connectivity index (χ2n) is 3.84. The van der Waals surface area contributed by atoms with Gasteiger partial charge in [-0.05, 0) is 23.9 Å². The number of nitrogen functional groups attached to an aromatic ring is 1. The van der Waals surface area contributed by atoms with E-state index >= 15 is 0 Å². The first-order valence-electron chi connectivity index (χ1n) is 5.58. The van der Waals surface area contributed by atoms with Crippen molar-refractivity contribution in [2.75, 3.05) is 5.73 Å². The van der Waals surface area contributed by atoms with E-state index in [1.165, 1.54) is 6.07 Å². The molecule has 7 nitrogen and oxygen atoms in total. The minimum Gasteiger partial charge on any atom is -0.444 e. The summed E-state index contributed by atoms with van der Waals surface area (Å²) >= 11 is 11.6. The zero-order chi connectivity index (χ0) is 18.5. The van der Waals surface area contributed by atoms with Crippen molar-refractivity contribution < 1.29 is 42.7 Å². The molecule has 25 heavy (non-hydrogen) atoms. The molecule has 0 saturated heterocycles. The second-order valence-corrected chi connectivity index (χ2v) is 5.79. The number of alkyl halides is 3.